The molecule has 134 valence electrons. The minimum atomic E-state index is -3.88. The Morgan fingerprint density at radius 1 is 1.42 bits per heavy atom. The largest absolute Gasteiger partial charge is 0.481 e. The second kappa shape index (κ2) is 7.45. The van der Waals surface area contributed by atoms with Gasteiger partial charge in [-0.2, -0.15) is 10.2 Å². The van der Waals surface area contributed by atoms with Crippen molar-refractivity contribution in [1.82, 2.24) is 9.97 Å². The van der Waals surface area contributed by atoms with Gasteiger partial charge < -0.3 is 4.74 Å². The number of thiophene rings is 1. The molecule has 0 unspecified atom stereocenters. The number of fused-ring (bicyclic) bond motifs is 1. The highest BCUT2D eigenvalue weighted by Crippen LogP contribution is 2.32. The molecule has 0 saturated carbocycles. The molecule has 0 aliphatic rings. The molecule has 7 nitrogen and oxygen atoms in total. The van der Waals surface area contributed by atoms with E-state index in [2.05, 4.69) is 14.7 Å². The maximum atomic E-state index is 12.7. The molecule has 1 aromatic carbocycles. The van der Waals surface area contributed by atoms with E-state index in [0.717, 1.165) is 4.70 Å². The Bertz CT molecular complexity index is 1110. The van der Waals surface area contributed by atoms with Crippen LogP contribution in [-0.2, 0) is 16.4 Å². The standard InChI is InChI=1S/C16H13ClN4O3S2/c1-24-15-10(3-2-6-18)8-19-16(20-15)21-26(22,23)14-9-25-13-7-11(17)4-5-12(13)14/h4-5,7-9H,2-3H2,1H3,(H,19,20,21). The average molecular weight is 409 g/mol. The van der Waals surface area contributed by atoms with Crippen LogP contribution >= 0.6 is 22.9 Å². The number of rotatable bonds is 6. The number of benzene rings is 1. The van der Waals surface area contributed by atoms with Gasteiger partial charge in [-0.05, 0) is 18.6 Å². The highest BCUT2D eigenvalue weighted by atomic mass is 35.5. The van der Waals surface area contributed by atoms with Crippen molar-refractivity contribution in [2.45, 2.75) is 17.7 Å². The van der Waals surface area contributed by atoms with Crippen LogP contribution in [0.3, 0.4) is 0 Å². The summed E-state index contributed by atoms with van der Waals surface area (Å²) in [5.74, 6) is 0.130. The number of nitriles is 1. The van der Waals surface area contributed by atoms with E-state index in [4.69, 9.17) is 21.6 Å². The summed E-state index contributed by atoms with van der Waals surface area (Å²) in [6.07, 6.45) is 2.16. The molecule has 0 bridgehead atoms. The van der Waals surface area contributed by atoms with Crippen LogP contribution in [-0.4, -0.2) is 25.5 Å². The molecule has 0 atom stereocenters. The molecule has 26 heavy (non-hydrogen) atoms. The molecular weight excluding hydrogens is 396 g/mol. The van der Waals surface area contributed by atoms with Crippen LogP contribution in [0.4, 0.5) is 5.95 Å². The van der Waals surface area contributed by atoms with Crippen molar-refractivity contribution in [1.29, 1.82) is 5.26 Å². The maximum absolute atomic E-state index is 12.7. The number of nitrogens with one attached hydrogen (secondary N) is 1. The molecule has 0 spiro atoms. The van der Waals surface area contributed by atoms with E-state index in [1.54, 1.807) is 23.6 Å². The lowest BCUT2D eigenvalue weighted by Crippen LogP contribution is -2.15. The van der Waals surface area contributed by atoms with Gasteiger partial charge in [-0.25, -0.2) is 18.1 Å². The first kappa shape index (κ1) is 18.4. The lowest BCUT2D eigenvalue weighted by molar-refractivity contribution is 0.392. The lowest BCUT2D eigenvalue weighted by Gasteiger charge is -2.09. The molecule has 0 amide bonds. The number of halogens is 1. The molecule has 2 aromatic heterocycles. The second-order valence-electron chi connectivity index (χ2n) is 5.23. The van der Waals surface area contributed by atoms with Gasteiger partial charge >= 0.3 is 0 Å². The smallest absolute Gasteiger partial charge is 0.265 e. The molecule has 0 radical (unpaired) electrons. The fraction of sp³-hybridized carbons (Fsp3) is 0.188. The van der Waals surface area contributed by atoms with Gasteiger partial charge in [-0.1, -0.05) is 17.7 Å². The van der Waals surface area contributed by atoms with Gasteiger partial charge in [-0.3, -0.25) is 0 Å². The lowest BCUT2D eigenvalue weighted by atomic mass is 10.2. The van der Waals surface area contributed by atoms with E-state index in [1.165, 1.54) is 24.6 Å². The van der Waals surface area contributed by atoms with Gasteiger partial charge in [0.1, 0.15) is 4.90 Å². The Balaban J connectivity index is 1.93. The number of methoxy groups -OCH3 is 1. The van der Waals surface area contributed by atoms with Crippen molar-refractivity contribution in [2.24, 2.45) is 0 Å². The first-order valence-electron chi connectivity index (χ1n) is 7.41. The third-order valence-corrected chi connectivity index (χ3v) is 6.24. The SMILES string of the molecule is COc1nc(NS(=O)(=O)c2csc3cc(Cl)ccc23)ncc1CCC#N. The van der Waals surface area contributed by atoms with Crippen LogP contribution in [0.15, 0.2) is 34.7 Å². The topological polar surface area (TPSA) is 105 Å². The van der Waals surface area contributed by atoms with E-state index >= 15 is 0 Å². The number of hydrogen-bond acceptors (Lipinski definition) is 7. The Hall–Kier alpha value is -2.41. The molecule has 1 N–H and O–H groups in total. The summed E-state index contributed by atoms with van der Waals surface area (Å²) in [4.78, 5) is 8.23. The molecule has 0 aliphatic heterocycles. The minimum Gasteiger partial charge on any atom is -0.481 e. The third-order valence-electron chi connectivity index (χ3n) is 3.54. The van der Waals surface area contributed by atoms with Crippen molar-refractivity contribution in [3.8, 4) is 11.9 Å². The average Bonchev–Trinajstić information content (AvgIpc) is 3.04. The van der Waals surface area contributed by atoms with Crippen LogP contribution in [0.5, 0.6) is 5.88 Å². The van der Waals surface area contributed by atoms with Crippen LogP contribution in [0.1, 0.15) is 12.0 Å². The second-order valence-corrected chi connectivity index (χ2v) is 8.23. The summed E-state index contributed by atoms with van der Waals surface area (Å²) in [6.45, 7) is 0. The Kier molecular flexibility index (Phi) is 5.27. The molecule has 3 rings (SSSR count). The molecular formula is C16H13ClN4O3S2. The molecule has 2 heterocycles. The number of nitrogens with zero attached hydrogens (tertiary/aromatic N) is 3. The van der Waals surface area contributed by atoms with Crippen molar-refractivity contribution < 1.29 is 13.2 Å². The first-order valence-corrected chi connectivity index (χ1v) is 10.1. The fourth-order valence-electron chi connectivity index (χ4n) is 2.34. The summed E-state index contributed by atoms with van der Waals surface area (Å²) >= 11 is 7.23. The zero-order valence-electron chi connectivity index (χ0n) is 13.6. The van der Waals surface area contributed by atoms with Crippen LogP contribution in [0.25, 0.3) is 10.1 Å². The molecule has 0 aliphatic carbocycles. The Labute approximate surface area is 159 Å². The number of hydrogen-bond donors (Lipinski definition) is 1. The van der Waals surface area contributed by atoms with Gasteiger partial charge in [0, 0.05) is 38.7 Å². The zero-order chi connectivity index (χ0) is 18.7. The number of sulfonamides is 1. The quantitative estimate of drug-likeness (QED) is 0.667. The highest BCUT2D eigenvalue weighted by molar-refractivity contribution is 7.93. The van der Waals surface area contributed by atoms with Crippen molar-refractivity contribution in [3.63, 3.8) is 0 Å². The van der Waals surface area contributed by atoms with Gasteiger partial charge in [0.05, 0.1) is 13.2 Å². The van der Waals surface area contributed by atoms with Crippen LogP contribution < -0.4 is 9.46 Å². The number of anilines is 1. The summed E-state index contributed by atoms with van der Waals surface area (Å²) in [5, 5.41) is 11.3. The van der Waals surface area contributed by atoms with Gasteiger partial charge in [0.25, 0.3) is 10.0 Å². The molecule has 0 saturated heterocycles. The van der Waals surface area contributed by atoms with Gasteiger partial charge in [0.2, 0.25) is 11.8 Å². The van der Waals surface area contributed by atoms with Crippen LogP contribution in [0, 0.1) is 11.3 Å². The fourth-order valence-corrected chi connectivity index (χ4v) is 5.07. The minimum absolute atomic E-state index is 0.101. The Morgan fingerprint density at radius 2 is 2.23 bits per heavy atom. The third kappa shape index (κ3) is 3.72. The summed E-state index contributed by atoms with van der Waals surface area (Å²) in [6, 6.07) is 7.04. The number of aromatic nitrogens is 2. The van der Waals surface area contributed by atoms with Gasteiger partial charge in [-0.15, -0.1) is 11.3 Å². The summed E-state index contributed by atoms with van der Waals surface area (Å²) in [7, 11) is -2.46. The summed E-state index contributed by atoms with van der Waals surface area (Å²) < 4.78 is 33.7. The summed E-state index contributed by atoms with van der Waals surface area (Å²) in [5.41, 5.74) is 0.632. The van der Waals surface area contributed by atoms with E-state index < -0.39 is 10.0 Å². The van der Waals surface area contributed by atoms with E-state index in [0.29, 0.717) is 22.4 Å². The van der Waals surface area contributed by atoms with Gasteiger partial charge in [0.15, 0.2) is 0 Å². The number of aryl methyl sites for hydroxylation is 1. The van der Waals surface area contributed by atoms with E-state index in [-0.39, 0.29) is 23.1 Å². The Morgan fingerprint density at radius 3 is 2.96 bits per heavy atom. The normalized spacial score (nSPS) is 11.3. The monoisotopic (exact) mass is 408 g/mol. The van der Waals surface area contributed by atoms with Crippen LogP contribution in [0.2, 0.25) is 5.02 Å². The predicted molar refractivity (Wildman–Crippen MR) is 100 cm³/mol. The van der Waals surface area contributed by atoms with Crippen molar-refractivity contribution in [3.05, 3.63) is 40.4 Å². The van der Waals surface area contributed by atoms with Crippen molar-refractivity contribution in [2.75, 3.05) is 11.8 Å². The molecule has 3 aromatic rings. The molecule has 10 heteroatoms. The maximum Gasteiger partial charge on any atom is 0.265 e. The van der Waals surface area contributed by atoms with E-state index in [9.17, 15) is 8.42 Å². The number of ether oxygens (including phenoxy) is 1. The van der Waals surface area contributed by atoms with Crippen molar-refractivity contribution >= 4 is 49.0 Å². The highest BCUT2D eigenvalue weighted by Gasteiger charge is 2.21. The van der Waals surface area contributed by atoms with E-state index in [1.807, 2.05) is 6.07 Å². The zero-order valence-corrected chi connectivity index (χ0v) is 16.0. The molecule has 0 fully saturated rings. The predicted octanol–water partition coefficient (Wildman–Crippen LogP) is 3.61. The first-order chi connectivity index (χ1) is 12.4.